The summed E-state index contributed by atoms with van der Waals surface area (Å²) < 4.78 is 43.3. The number of fused-ring (bicyclic) bond motifs is 1. The molecule has 0 aliphatic carbocycles. The molecule has 5 nitrogen and oxygen atoms in total. The third kappa shape index (κ3) is 3.94. The standard InChI is InChI=1S/C22H17F3N2O3/c23-22(24,25)16-8-5-15(6-9-16)20(28)26-17-10-7-14-3-1-11-27(18(14)13-17)21(29)19-4-2-12-30-19/h2,4-10,12-13H,1,3,11H2,(H,26,28). The van der Waals surface area contributed by atoms with Gasteiger partial charge in [0, 0.05) is 23.5 Å². The summed E-state index contributed by atoms with van der Waals surface area (Å²) in [6.45, 7) is 0.517. The molecule has 1 aliphatic heterocycles. The molecule has 3 aromatic rings. The predicted molar refractivity (Wildman–Crippen MR) is 105 cm³/mol. The summed E-state index contributed by atoms with van der Waals surface area (Å²) in [5.74, 6) is -0.586. The maximum Gasteiger partial charge on any atom is 0.416 e. The number of halogens is 3. The van der Waals surface area contributed by atoms with Crippen LogP contribution in [0.3, 0.4) is 0 Å². The minimum absolute atomic E-state index is 0.101. The quantitative estimate of drug-likeness (QED) is 0.645. The van der Waals surface area contributed by atoms with Crippen LogP contribution in [0, 0.1) is 0 Å². The van der Waals surface area contributed by atoms with Gasteiger partial charge in [-0.1, -0.05) is 6.07 Å². The number of aryl methyl sites for hydroxylation is 1. The fourth-order valence-corrected chi connectivity index (χ4v) is 3.41. The van der Waals surface area contributed by atoms with Crippen LogP contribution < -0.4 is 10.2 Å². The van der Waals surface area contributed by atoms with E-state index in [4.69, 9.17) is 4.42 Å². The number of amides is 2. The third-order valence-electron chi connectivity index (χ3n) is 4.91. The summed E-state index contributed by atoms with van der Waals surface area (Å²) in [7, 11) is 0. The number of anilines is 2. The number of carbonyl (C=O) groups is 2. The first-order valence-electron chi connectivity index (χ1n) is 9.30. The van der Waals surface area contributed by atoms with Gasteiger partial charge >= 0.3 is 6.18 Å². The number of carbonyl (C=O) groups excluding carboxylic acids is 2. The zero-order chi connectivity index (χ0) is 21.3. The molecular formula is C22H17F3N2O3. The number of nitrogens with one attached hydrogen (secondary N) is 1. The van der Waals surface area contributed by atoms with Crippen molar-refractivity contribution in [3.8, 4) is 0 Å². The van der Waals surface area contributed by atoms with Crippen LogP contribution in [0.15, 0.2) is 65.3 Å². The largest absolute Gasteiger partial charge is 0.459 e. The molecule has 8 heteroatoms. The molecule has 0 unspecified atom stereocenters. The van der Waals surface area contributed by atoms with Crippen molar-refractivity contribution in [2.75, 3.05) is 16.8 Å². The summed E-state index contributed by atoms with van der Waals surface area (Å²) >= 11 is 0. The van der Waals surface area contributed by atoms with Crippen molar-refractivity contribution < 1.29 is 27.2 Å². The topological polar surface area (TPSA) is 62.6 Å². The van der Waals surface area contributed by atoms with Gasteiger partial charge < -0.3 is 14.6 Å². The van der Waals surface area contributed by atoms with E-state index in [1.54, 1.807) is 29.2 Å². The van der Waals surface area contributed by atoms with Crippen molar-refractivity contribution in [3.05, 3.63) is 83.3 Å². The summed E-state index contributed by atoms with van der Waals surface area (Å²) in [4.78, 5) is 26.8. The molecule has 0 saturated heterocycles. The number of alkyl halides is 3. The van der Waals surface area contributed by atoms with Crippen molar-refractivity contribution in [1.82, 2.24) is 0 Å². The molecule has 2 heterocycles. The van der Waals surface area contributed by atoms with E-state index in [-0.39, 0.29) is 17.2 Å². The maximum absolute atomic E-state index is 12.7. The molecule has 0 spiro atoms. The lowest BCUT2D eigenvalue weighted by molar-refractivity contribution is -0.137. The molecule has 0 fully saturated rings. The Kier molecular flexibility index (Phi) is 5.07. The second-order valence-electron chi connectivity index (χ2n) is 6.91. The highest BCUT2D eigenvalue weighted by molar-refractivity contribution is 6.07. The normalized spacial score (nSPS) is 13.6. The molecule has 1 aliphatic rings. The van der Waals surface area contributed by atoms with Gasteiger partial charge in [0.15, 0.2) is 5.76 Å². The molecule has 1 N–H and O–H groups in total. The lowest BCUT2D eigenvalue weighted by Crippen LogP contribution is -2.35. The van der Waals surface area contributed by atoms with E-state index < -0.39 is 17.6 Å². The minimum Gasteiger partial charge on any atom is -0.459 e. The van der Waals surface area contributed by atoms with E-state index in [2.05, 4.69) is 5.32 Å². The number of rotatable bonds is 3. The Morgan fingerprint density at radius 1 is 1.03 bits per heavy atom. The Labute approximate surface area is 170 Å². The average Bonchev–Trinajstić information content (AvgIpc) is 3.27. The van der Waals surface area contributed by atoms with Crippen LogP contribution in [-0.4, -0.2) is 18.4 Å². The second-order valence-corrected chi connectivity index (χ2v) is 6.91. The lowest BCUT2D eigenvalue weighted by Gasteiger charge is -2.29. The van der Waals surface area contributed by atoms with Crippen LogP contribution in [0.4, 0.5) is 24.5 Å². The van der Waals surface area contributed by atoms with Crippen molar-refractivity contribution in [2.45, 2.75) is 19.0 Å². The molecule has 0 atom stereocenters. The van der Waals surface area contributed by atoms with Crippen LogP contribution in [0.1, 0.15) is 38.5 Å². The van der Waals surface area contributed by atoms with Crippen LogP contribution in [-0.2, 0) is 12.6 Å². The van der Waals surface area contributed by atoms with E-state index in [9.17, 15) is 22.8 Å². The molecule has 0 saturated carbocycles. The van der Waals surface area contributed by atoms with E-state index >= 15 is 0 Å². The monoisotopic (exact) mass is 414 g/mol. The summed E-state index contributed by atoms with van der Waals surface area (Å²) in [5, 5.41) is 2.68. The SMILES string of the molecule is O=C(Nc1ccc2c(c1)N(C(=O)c1ccco1)CCC2)c1ccc(C(F)(F)F)cc1. The van der Waals surface area contributed by atoms with E-state index in [0.717, 1.165) is 42.7 Å². The first kappa shape index (κ1) is 19.8. The van der Waals surface area contributed by atoms with Crippen LogP contribution >= 0.6 is 0 Å². The van der Waals surface area contributed by atoms with Gasteiger partial charge in [0.1, 0.15) is 0 Å². The fraction of sp³-hybridized carbons (Fsp3) is 0.182. The molecule has 30 heavy (non-hydrogen) atoms. The number of nitrogens with zero attached hydrogens (tertiary/aromatic N) is 1. The van der Waals surface area contributed by atoms with E-state index in [1.165, 1.54) is 6.26 Å². The van der Waals surface area contributed by atoms with Gasteiger partial charge in [-0.3, -0.25) is 9.59 Å². The highest BCUT2D eigenvalue weighted by Gasteiger charge is 2.30. The summed E-state index contributed by atoms with van der Waals surface area (Å²) in [5.41, 5.74) is 1.36. The van der Waals surface area contributed by atoms with Crippen molar-refractivity contribution in [1.29, 1.82) is 0 Å². The van der Waals surface area contributed by atoms with Crippen molar-refractivity contribution in [3.63, 3.8) is 0 Å². The van der Waals surface area contributed by atoms with Gasteiger partial charge in [-0.15, -0.1) is 0 Å². The summed E-state index contributed by atoms with van der Waals surface area (Å²) in [6.07, 6.45) is -1.43. The molecule has 1 aromatic heterocycles. The first-order chi connectivity index (χ1) is 14.3. The zero-order valence-corrected chi connectivity index (χ0v) is 15.7. The Morgan fingerprint density at radius 2 is 1.80 bits per heavy atom. The van der Waals surface area contributed by atoms with Gasteiger partial charge in [0.2, 0.25) is 0 Å². The van der Waals surface area contributed by atoms with Gasteiger partial charge in [0.05, 0.1) is 11.8 Å². The fourth-order valence-electron chi connectivity index (χ4n) is 3.41. The van der Waals surface area contributed by atoms with E-state index in [1.807, 2.05) is 6.07 Å². The van der Waals surface area contributed by atoms with Gasteiger partial charge in [-0.25, -0.2) is 0 Å². The predicted octanol–water partition coefficient (Wildman–Crippen LogP) is 5.14. The maximum atomic E-state index is 12.7. The Hall–Kier alpha value is -3.55. The first-order valence-corrected chi connectivity index (χ1v) is 9.30. The van der Waals surface area contributed by atoms with Crippen LogP contribution in [0.5, 0.6) is 0 Å². The highest BCUT2D eigenvalue weighted by atomic mass is 19.4. The van der Waals surface area contributed by atoms with Crippen molar-refractivity contribution >= 4 is 23.2 Å². The molecule has 4 rings (SSSR count). The van der Waals surface area contributed by atoms with E-state index in [0.29, 0.717) is 17.9 Å². The lowest BCUT2D eigenvalue weighted by atomic mass is 10.0. The van der Waals surface area contributed by atoms with Gasteiger partial charge in [-0.05, 0) is 66.9 Å². The number of hydrogen-bond donors (Lipinski definition) is 1. The van der Waals surface area contributed by atoms with Crippen molar-refractivity contribution in [2.24, 2.45) is 0 Å². The molecule has 0 bridgehead atoms. The van der Waals surface area contributed by atoms with Gasteiger partial charge in [0.25, 0.3) is 11.8 Å². The van der Waals surface area contributed by atoms with Crippen LogP contribution in [0.2, 0.25) is 0 Å². The number of hydrogen-bond acceptors (Lipinski definition) is 3. The molecular weight excluding hydrogens is 397 g/mol. The number of furan rings is 1. The minimum atomic E-state index is -4.46. The average molecular weight is 414 g/mol. The number of benzene rings is 2. The highest BCUT2D eigenvalue weighted by Crippen LogP contribution is 2.32. The zero-order valence-electron chi connectivity index (χ0n) is 15.7. The Morgan fingerprint density at radius 3 is 2.47 bits per heavy atom. The molecule has 0 radical (unpaired) electrons. The molecule has 2 aromatic carbocycles. The second kappa shape index (κ2) is 7.70. The molecule has 154 valence electrons. The third-order valence-corrected chi connectivity index (χ3v) is 4.91. The molecule has 2 amide bonds. The van der Waals surface area contributed by atoms with Crippen LogP contribution in [0.25, 0.3) is 0 Å². The summed E-state index contributed by atoms with van der Waals surface area (Å²) in [6, 6.07) is 12.5. The van der Waals surface area contributed by atoms with Gasteiger partial charge in [-0.2, -0.15) is 13.2 Å². The Balaban J connectivity index is 1.55. The Bertz CT molecular complexity index is 1070. The smallest absolute Gasteiger partial charge is 0.416 e.